The SMILES string of the molecule is COc1cc(C2CC(c3ccc(OCCCCOc4ccc(C5=NN(C(C)=O)C(c6cc(OC)c(OC)c(OC)c6)C5)cc4)cc3)=NN2C(C)=O)cc(OC)c1OC. The van der Waals surface area contributed by atoms with Crippen LogP contribution in [0.15, 0.2) is 83.0 Å². The summed E-state index contributed by atoms with van der Waals surface area (Å²) in [5.41, 5.74) is 5.05. The van der Waals surface area contributed by atoms with Crippen molar-refractivity contribution in [3.63, 3.8) is 0 Å². The van der Waals surface area contributed by atoms with E-state index < -0.39 is 0 Å². The summed E-state index contributed by atoms with van der Waals surface area (Å²) in [5, 5.41) is 12.4. The number of hydrazone groups is 2. The molecule has 2 aliphatic heterocycles. The number of unbranched alkanes of at least 4 members (excludes halogenated alkanes) is 1. The van der Waals surface area contributed by atoms with Crippen molar-refractivity contribution < 1.29 is 47.5 Å². The number of carbonyl (C=O) groups is 2. The molecule has 4 aromatic rings. The monoisotopic (exact) mass is 794 g/mol. The maximum Gasteiger partial charge on any atom is 0.240 e. The summed E-state index contributed by atoms with van der Waals surface area (Å²) in [6.45, 7) is 4.07. The van der Waals surface area contributed by atoms with E-state index in [4.69, 9.17) is 37.9 Å². The predicted octanol–water partition coefficient (Wildman–Crippen LogP) is 7.37. The van der Waals surface area contributed by atoms with Gasteiger partial charge in [-0.05, 0) is 108 Å². The molecular weight excluding hydrogens is 745 g/mol. The van der Waals surface area contributed by atoms with Gasteiger partial charge in [-0.15, -0.1) is 0 Å². The fourth-order valence-electron chi connectivity index (χ4n) is 7.13. The van der Waals surface area contributed by atoms with Crippen molar-refractivity contribution >= 4 is 23.2 Å². The van der Waals surface area contributed by atoms with E-state index in [0.29, 0.717) is 60.6 Å². The molecule has 0 aliphatic carbocycles. The quantitative estimate of drug-likeness (QED) is 0.0996. The van der Waals surface area contributed by atoms with Gasteiger partial charge in [0.2, 0.25) is 23.3 Å². The van der Waals surface area contributed by atoms with Crippen LogP contribution >= 0.6 is 0 Å². The van der Waals surface area contributed by atoms with E-state index in [9.17, 15) is 9.59 Å². The van der Waals surface area contributed by atoms with Crippen LogP contribution in [0.25, 0.3) is 0 Å². The Bertz CT molecular complexity index is 1950. The Morgan fingerprint density at radius 2 is 0.862 bits per heavy atom. The van der Waals surface area contributed by atoms with E-state index in [-0.39, 0.29) is 23.9 Å². The number of benzene rings is 4. The molecule has 0 aromatic heterocycles. The van der Waals surface area contributed by atoms with Gasteiger partial charge in [-0.3, -0.25) is 9.59 Å². The molecule has 2 atom stereocenters. The molecular formula is C44H50N4O10. The Balaban J connectivity index is 0.979. The van der Waals surface area contributed by atoms with E-state index >= 15 is 0 Å². The summed E-state index contributed by atoms with van der Waals surface area (Å²) < 4.78 is 45.1. The number of nitrogens with zero attached hydrogens (tertiary/aromatic N) is 4. The van der Waals surface area contributed by atoms with Gasteiger partial charge in [0.15, 0.2) is 23.0 Å². The van der Waals surface area contributed by atoms with Gasteiger partial charge >= 0.3 is 0 Å². The third kappa shape index (κ3) is 8.90. The molecule has 2 heterocycles. The summed E-state index contributed by atoms with van der Waals surface area (Å²) in [5.74, 6) is 4.18. The van der Waals surface area contributed by atoms with Gasteiger partial charge in [0, 0.05) is 26.7 Å². The second-order valence-electron chi connectivity index (χ2n) is 13.6. The average molecular weight is 795 g/mol. The van der Waals surface area contributed by atoms with Crippen LogP contribution in [-0.2, 0) is 9.59 Å². The van der Waals surface area contributed by atoms with Gasteiger partial charge in [-0.25, -0.2) is 10.0 Å². The molecule has 0 spiro atoms. The molecule has 2 aliphatic rings. The van der Waals surface area contributed by atoms with Crippen LogP contribution < -0.4 is 37.9 Å². The molecule has 0 N–H and O–H groups in total. The van der Waals surface area contributed by atoms with Crippen LogP contribution in [0.3, 0.4) is 0 Å². The highest BCUT2D eigenvalue weighted by Gasteiger charge is 2.34. The molecule has 58 heavy (non-hydrogen) atoms. The zero-order valence-electron chi connectivity index (χ0n) is 34.2. The van der Waals surface area contributed by atoms with Gasteiger partial charge in [0.25, 0.3) is 0 Å². The molecule has 0 bridgehead atoms. The number of hydrogen-bond donors (Lipinski definition) is 0. The second-order valence-corrected chi connectivity index (χ2v) is 13.6. The first-order valence-corrected chi connectivity index (χ1v) is 18.9. The normalized spacial score (nSPS) is 16.0. The number of carbonyl (C=O) groups excluding carboxylic acids is 2. The fourth-order valence-corrected chi connectivity index (χ4v) is 7.13. The van der Waals surface area contributed by atoms with E-state index in [1.807, 2.05) is 72.8 Å². The minimum Gasteiger partial charge on any atom is -0.494 e. The summed E-state index contributed by atoms with van der Waals surface area (Å²) in [7, 11) is 9.36. The number of hydrogen-bond acceptors (Lipinski definition) is 12. The summed E-state index contributed by atoms with van der Waals surface area (Å²) in [6, 6.07) is 22.2. The van der Waals surface area contributed by atoms with E-state index in [2.05, 4.69) is 10.2 Å². The first-order chi connectivity index (χ1) is 28.1. The van der Waals surface area contributed by atoms with Crippen molar-refractivity contribution in [2.45, 2.75) is 51.6 Å². The first-order valence-electron chi connectivity index (χ1n) is 18.9. The Morgan fingerprint density at radius 1 is 0.534 bits per heavy atom. The zero-order valence-corrected chi connectivity index (χ0v) is 34.2. The lowest BCUT2D eigenvalue weighted by Gasteiger charge is -2.22. The van der Waals surface area contributed by atoms with Crippen molar-refractivity contribution in [3.8, 4) is 46.0 Å². The maximum absolute atomic E-state index is 12.6. The second kappa shape index (κ2) is 18.7. The highest BCUT2D eigenvalue weighted by atomic mass is 16.5. The molecule has 306 valence electrons. The maximum atomic E-state index is 12.6. The van der Waals surface area contributed by atoms with E-state index in [0.717, 1.165) is 58.0 Å². The van der Waals surface area contributed by atoms with Gasteiger partial charge in [0.05, 0.1) is 79.4 Å². The Morgan fingerprint density at radius 3 is 1.14 bits per heavy atom. The van der Waals surface area contributed by atoms with Crippen LogP contribution in [0, 0.1) is 0 Å². The van der Waals surface area contributed by atoms with Crippen LogP contribution in [0.1, 0.15) is 73.9 Å². The lowest BCUT2D eigenvalue weighted by molar-refractivity contribution is -0.131. The first kappa shape index (κ1) is 41.2. The van der Waals surface area contributed by atoms with Crippen LogP contribution in [0.5, 0.6) is 46.0 Å². The molecule has 0 saturated carbocycles. The van der Waals surface area contributed by atoms with Crippen molar-refractivity contribution in [2.75, 3.05) is 55.9 Å². The predicted molar refractivity (Wildman–Crippen MR) is 218 cm³/mol. The number of amides is 2. The van der Waals surface area contributed by atoms with Gasteiger partial charge in [-0.2, -0.15) is 10.2 Å². The van der Waals surface area contributed by atoms with Crippen LogP contribution in [0.4, 0.5) is 0 Å². The number of ether oxygens (including phenoxy) is 8. The molecule has 2 unspecified atom stereocenters. The van der Waals surface area contributed by atoms with E-state index in [1.165, 1.54) is 23.9 Å². The molecule has 0 fully saturated rings. The molecule has 14 heteroatoms. The molecule has 14 nitrogen and oxygen atoms in total. The smallest absolute Gasteiger partial charge is 0.240 e. The van der Waals surface area contributed by atoms with Crippen LogP contribution in [0.2, 0.25) is 0 Å². The average Bonchev–Trinajstić information content (AvgIpc) is 3.91. The van der Waals surface area contributed by atoms with Gasteiger partial charge in [-0.1, -0.05) is 0 Å². The third-order valence-electron chi connectivity index (χ3n) is 10.1. The molecule has 6 rings (SSSR count). The zero-order chi connectivity index (χ0) is 41.3. The topological polar surface area (TPSA) is 139 Å². The summed E-state index contributed by atoms with van der Waals surface area (Å²) in [4.78, 5) is 25.3. The largest absolute Gasteiger partial charge is 0.494 e. The third-order valence-corrected chi connectivity index (χ3v) is 10.1. The molecule has 0 radical (unpaired) electrons. The molecule has 4 aromatic carbocycles. The Hall–Kier alpha value is -6.44. The van der Waals surface area contributed by atoms with Gasteiger partial charge < -0.3 is 37.9 Å². The van der Waals surface area contributed by atoms with Gasteiger partial charge in [0.1, 0.15) is 11.5 Å². The van der Waals surface area contributed by atoms with Crippen molar-refractivity contribution in [1.29, 1.82) is 0 Å². The van der Waals surface area contributed by atoms with Crippen molar-refractivity contribution in [1.82, 2.24) is 10.0 Å². The standard InChI is InChI=1S/C44H50N4O10/c1-27(49)47-37(31-21-39(51-3)43(55-7)40(22-31)52-4)25-35(45-47)29-11-15-33(16-12-29)57-19-9-10-20-58-34-17-13-30(14-18-34)36-26-38(48(46-36)28(2)50)32-23-41(53-5)44(56-8)42(24-32)54-6/h11-18,21-24,37-38H,9-10,19-20,25-26H2,1-8H3. The minimum atomic E-state index is -0.327. The fraction of sp³-hybridized carbons (Fsp3) is 0.364. The molecule has 2 amide bonds. The van der Waals surface area contributed by atoms with E-state index in [1.54, 1.807) is 42.7 Å². The number of methoxy groups -OCH3 is 6. The van der Waals surface area contributed by atoms with Crippen molar-refractivity contribution in [2.24, 2.45) is 10.2 Å². The summed E-state index contributed by atoms with van der Waals surface area (Å²) in [6.07, 6.45) is 2.64. The highest BCUT2D eigenvalue weighted by Crippen LogP contribution is 2.44. The van der Waals surface area contributed by atoms with Crippen molar-refractivity contribution in [3.05, 3.63) is 95.1 Å². The Labute approximate surface area is 338 Å². The minimum absolute atomic E-state index is 0.167. The lowest BCUT2D eigenvalue weighted by atomic mass is 9.97. The highest BCUT2D eigenvalue weighted by molar-refractivity contribution is 6.04. The van der Waals surface area contributed by atoms with Crippen LogP contribution in [-0.4, -0.2) is 89.1 Å². The Kier molecular flexibility index (Phi) is 13.3. The lowest BCUT2D eigenvalue weighted by Crippen LogP contribution is -2.24. The number of rotatable bonds is 17. The molecule has 0 saturated heterocycles. The summed E-state index contributed by atoms with van der Waals surface area (Å²) >= 11 is 0.